The lowest BCUT2D eigenvalue weighted by Gasteiger charge is -1.96. The van der Waals surface area contributed by atoms with Crippen LogP contribution in [-0.2, 0) is 6.42 Å². The van der Waals surface area contributed by atoms with Crippen LogP contribution in [0.5, 0.6) is 0 Å². The molecule has 3 nitrogen and oxygen atoms in total. The van der Waals surface area contributed by atoms with E-state index in [4.69, 9.17) is 0 Å². The monoisotopic (exact) mass is 364 g/mol. The maximum Gasteiger partial charge on any atom is 0.266 e. The number of para-hydroxylation sites is 1. The number of benzene rings is 2. The van der Waals surface area contributed by atoms with Crippen molar-refractivity contribution in [1.29, 1.82) is 0 Å². The van der Waals surface area contributed by atoms with E-state index in [1.54, 1.807) is 11.3 Å². The first kappa shape index (κ1) is 16.0. The van der Waals surface area contributed by atoms with E-state index < -0.39 is 0 Å². The first-order chi connectivity index (χ1) is 12.2. The van der Waals surface area contributed by atoms with Crippen molar-refractivity contribution in [2.75, 3.05) is 0 Å². The smallest absolute Gasteiger partial charge is 0.266 e. The van der Waals surface area contributed by atoms with E-state index in [2.05, 4.69) is 47.2 Å². The average molecular weight is 364 g/mol. The second-order valence-electron chi connectivity index (χ2n) is 5.69. The first-order valence-electron chi connectivity index (χ1n) is 8.08. The van der Waals surface area contributed by atoms with Crippen molar-refractivity contribution in [1.82, 2.24) is 9.97 Å². The number of rotatable bonds is 3. The van der Waals surface area contributed by atoms with Crippen molar-refractivity contribution < 1.29 is 0 Å². The van der Waals surface area contributed by atoms with Crippen LogP contribution in [0, 0.1) is 0 Å². The highest BCUT2D eigenvalue weighted by atomic mass is 32.1. The molecule has 0 aliphatic carbocycles. The molecule has 1 N–H and O–H groups in total. The Balaban J connectivity index is 1.73. The molecule has 124 valence electrons. The summed E-state index contributed by atoms with van der Waals surface area (Å²) in [7, 11) is 0. The van der Waals surface area contributed by atoms with Gasteiger partial charge in [0.1, 0.15) is 5.01 Å². The fourth-order valence-electron chi connectivity index (χ4n) is 2.59. The number of fused-ring (bicyclic) bond motifs is 1. The van der Waals surface area contributed by atoms with Gasteiger partial charge in [0, 0.05) is 6.08 Å². The van der Waals surface area contributed by atoms with Gasteiger partial charge in [-0.05, 0) is 35.8 Å². The number of aryl methyl sites for hydroxylation is 1. The third kappa shape index (κ3) is 3.48. The standard InChI is InChI=1S/C20H16N2OS2/c1-2-13-7-9-14(10-8-13)11-17-20(23)22-19(25-17)12-18-21-15-5-3-4-6-16(15)24-18/h3-12H,2H2,1H3,(H,22,23)/b17-11-,19-12+. The summed E-state index contributed by atoms with van der Waals surface area (Å²) in [6.07, 6.45) is 4.88. The van der Waals surface area contributed by atoms with Crippen LogP contribution >= 0.6 is 22.7 Å². The van der Waals surface area contributed by atoms with Gasteiger partial charge in [0.15, 0.2) is 0 Å². The number of aromatic nitrogens is 2. The van der Waals surface area contributed by atoms with Gasteiger partial charge in [0.05, 0.1) is 19.4 Å². The summed E-state index contributed by atoms with van der Waals surface area (Å²) in [4.78, 5) is 19.7. The zero-order chi connectivity index (χ0) is 17.2. The van der Waals surface area contributed by atoms with Gasteiger partial charge in [0.25, 0.3) is 5.56 Å². The maximum atomic E-state index is 12.2. The van der Waals surface area contributed by atoms with E-state index >= 15 is 0 Å². The molecule has 0 aliphatic rings. The summed E-state index contributed by atoms with van der Waals surface area (Å²) >= 11 is 3.08. The molecule has 4 rings (SSSR count). The van der Waals surface area contributed by atoms with Crippen molar-refractivity contribution in [3.63, 3.8) is 0 Å². The molecule has 0 spiro atoms. The first-order valence-corrected chi connectivity index (χ1v) is 9.71. The van der Waals surface area contributed by atoms with Gasteiger partial charge in [-0.1, -0.05) is 43.3 Å². The van der Waals surface area contributed by atoms with E-state index in [1.807, 2.05) is 30.4 Å². The molecule has 0 saturated heterocycles. The highest BCUT2D eigenvalue weighted by molar-refractivity contribution is 7.19. The second-order valence-corrected chi connectivity index (χ2v) is 7.83. The molecule has 2 aromatic heterocycles. The van der Waals surface area contributed by atoms with Gasteiger partial charge in [-0.2, -0.15) is 0 Å². The summed E-state index contributed by atoms with van der Waals surface area (Å²) < 4.78 is 2.67. The second kappa shape index (κ2) is 6.78. The Labute approximate surface area is 152 Å². The third-order valence-electron chi connectivity index (χ3n) is 3.93. The van der Waals surface area contributed by atoms with Crippen LogP contribution in [0.15, 0.2) is 53.3 Å². The molecule has 2 heterocycles. The Morgan fingerprint density at radius 3 is 2.60 bits per heavy atom. The highest BCUT2D eigenvalue weighted by Gasteiger charge is 2.01. The molecular formula is C20H16N2OS2. The van der Waals surface area contributed by atoms with Crippen molar-refractivity contribution in [2.24, 2.45) is 0 Å². The number of hydrogen-bond acceptors (Lipinski definition) is 4. The normalized spacial score (nSPS) is 13.0. The predicted molar refractivity (Wildman–Crippen MR) is 107 cm³/mol. The van der Waals surface area contributed by atoms with Crippen LogP contribution in [0.25, 0.3) is 22.4 Å². The molecule has 0 amide bonds. The molecule has 4 aromatic rings. The summed E-state index contributed by atoms with van der Waals surface area (Å²) in [6.45, 7) is 2.13. The molecular weight excluding hydrogens is 348 g/mol. The Morgan fingerprint density at radius 2 is 1.84 bits per heavy atom. The van der Waals surface area contributed by atoms with Crippen LogP contribution in [0.1, 0.15) is 23.1 Å². The fraction of sp³-hybridized carbons (Fsp3) is 0.100. The Morgan fingerprint density at radius 1 is 1.04 bits per heavy atom. The lowest BCUT2D eigenvalue weighted by atomic mass is 10.1. The van der Waals surface area contributed by atoms with E-state index in [0.29, 0.717) is 4.53 Å². The van der Waals surface area contributed by atoms with E-state index in [9.17, 15) is 4.79 Å². The quantitative estimate of drug-likeness (QED) is 0.606. The molecule has 5 heteroatoms. The molecule has 0 bridgehead atoms. The van der Waals surface area contributed by atoms with E-state index in [0.717, 1.165) is 31.9 Å². The van der Waals surface area contributed by atoms with Gasteiger partial charge in [-0.25, -0.2) is 4.98 Å². The van der Waals surface area contributed by atoms with Gasteiger partial charge < -0.3 is 4.98 Å². The van der Waals surface area contributed by atoms with Crippen molar-refractivity contribution in [3.8, 4) is 0 Å². The zero-order valence-electron chi connectivity index (χ0n) is 13.7. The Bertz CT molecular complexity index is 1160. The van der Waals surface area contributed by atoms with Crippen LogP contribution in [0.3, 0.4) is 0 Å². The summed E-state index contributed by atoms with van der Waals surface area (Å²) in [5, 5.41) is 0.901. The van der Waals surface area contributed by atoms with Crippen LogP contribution in [-0.4, -0.2) is 9.97 Å². The number of aromatic amines is 1. The lowest BCUT2D eigenvalue weighted by Crippen LogP contribution is -2.19. The number of H-pyrrole nitrogens is 1. The molecule has 0 radical (unpaired) electrons. The van der Waals surface area contributed by atoms with E-state index in [1.165, 1.54) is 16.9 Å². The number of nitrogens with zero attached hydrogens (tertiary/aromatic N) is 1. The van der Waals surface area contributed by atoms with Gasteiger partial charge >= 0.3 is 0 Å². The van der Waals surface area contributed by atoms with Crippen LogP contribution in [0.2, 0.25) is 0 Å². The van der Waals surface area contributed by atoms with Crippen molar-refractivity contribution in [3.05, 3.63) is 84.2 Å². The van der Waals surface area contributed by atoms with Gasteiger partial charge in [-0.3, -0.25) is 4.79 Å². The molecule has 0 unspecified atom stereocenters. The van der Waals surface area contributed by atoms with Crippen molar-refractivity contribution >= 4 is 45.0 Å². The number of nitrogens with one attached hydrogen (secondary N) is 1. The molecule has 0 saturated carbocycles. The van der Waals surface area contributed by atoms with Crippen LogP contribution < -0.4 is 14.8 Å². The lowest BCUT2D eigenvalue weighted by molar-refractivity contribution is 1.14. The summed E-state index contributed by atoms with van der Waals surface area (Å²) in [5.41, 5.74) is 3.26. The maximum absolute atomic E-state index is 12.2. The third-order valence-corrected chi connectivity index (χ3v) is 5.88. The SMILES string of the molecule is CCc1ccc(/C=c2\s/c(=C/c3nc4ccccc4s3)[nH]c2=O)cc1. The van der Waals surface area contributed by atoms with E-state index in [-0.39, 0.29) is 5.56 Å². The summed E-state index contributed by atoms with van der Waals surface area (Å²) in [6, 6.07) is 16.3. The minimum Gasteiger partial charge on any atom is -0.313 e. The number of thiazole rings is 2. The average Bonchev–Trinajstić information content (AvgIpc) is 3.18. The predicted octanol–water partition coefficient (Wildman–Crippen LogP) is 3.27. The Hall–Kier alpha value is -2.50. The molecule has 0 atom stereocenters. The molecule has 2 aromatic carbocycles. The topological polar surface area (TPSA) is 45.8 Å². The Kier molecular flexibility index (Phi) is 4.34. The summed E-state index contributed by atoms with van der Waals surface area (Å²) in [5.74, 6) is 0. The molecule has 25 heavy (non-hydrogen) atoms. The van der Waals surface area contributed by atoms with Gasteiger partial charge in [0.2, 0.25) is 0 Å². The zero-order valence-corrected chi connectivity index (χ0v) is 15.3. The molecule has 0 aliphatic heterocycles. The molecule has 0 fully saturated rings. The minimum absolute atomic E-state index is 0.0584. The fourth-order valence-corrected chi connectivity index (χ4v) is 4.46. The number of hydrogen-bond donors (Lipinski definition) is 1. The van der Waals surface area contributed by atoms with Crippen LogP contribution in [0.4, 0.5) is 0 Å². The highest BCUT2D eigenvalue weighted by Crippen LogP contribution is 2.21. The van der Waals surface area contributed by atoms with Gasteiger partial charge in [-0.15, -0.1) is 22.7 Å². The minimum atomic E-state index is -0.0584. The van der Waals surface area contributed by atoms with Crippen molar-refractivity contribution in [2.45, 2.75) is 13.3 Å². The largest absolute Gasteiger partial charge is 0.313 e.